The highest BCUT2D eigenvalue weighted by atomic mass is 16.5. The zero-order chi connectivity index (χ0) is 18.5. The fourth-order valence-corrected chi connectivity index (χ4v) is 3.32. The van der Waals surface area contributed by atoms with Gasteiger partial charge in [0.25, 0.3) is 11.5 Å². The van der Waals surface area contributed by atoms with Crippen molar-refractivity contribution in [1.82, 2.24) is 15.5 Å². The summed E-state index contributed by atoms with van der Waals surface area (Å²) in [6, 6.07) is 6.64. The van der Waals surface area contributed by atoms with Crippen LogP contribution in [-0.4, -0.2) is 34.7 Å². The van der Waals surface area contributed by atoms with Gasteiger partial charge in [-0.2, -0.15) is 5.10 Å². The first-order valence-corrected chi connectivity index (χ1v) is 9.02. The summed E-state index contributed by atoms with van der Waals surface area (Å²) in [5.74, 6) is -0.559. The van der Waals surface area contributed by atoms with Crippen molar-refractivity contribution in [3.8, 4) is 0 Å². The highest BCUT2D eigenvalue weighted by molar-refractivity contribution is 6.02. The molecule has 1 aliphatic rings. The number of aromatic amines is 1. The molecule has 1 aromatic carbocycles. The maximum atomic E-state index is 12.4. The molecule has 7 nitrogen and oxygen atoms in total. The van der Waals surface area contributed by atoms with Crippen molar-refractivity contribution in [1.29, 1.82) is 0 Å². The molecule has 26 heavy (non-hydrogen) atoms. The van der Waals surface area contributed by atoms with Crippen molar-refractivity contribution in [2.45, 2.75) is 45.1 Å². The molecule has 1 amide bonds. The Hall–Kier alpha value is -2.70. The van der Waals surface area contributed by atoms with Gasteiger partial charge in [0.05, 0.1) is 5.39 Å². The van der Waals surface area contributed by atoms with Crippen molar-refractivity contribution >= 4 is 22.6 Å². The number of esters is 1. The number of carbonyl (C=O) groups excluding carboxylic acids is 2. The first kappa shape index (κ1) is 18.1. The summed E-state index contributed by atoms with van der Waals surface area (Å²) >= 11 is 0. The van der Waals surface area contributed by atoms with Crippen LogP contribution in [0.25, 0.3) is 10.8 Å². The van der Waals surface area contributed by atoms with Gasteiger partial charge in [-0.25, -0.2) is 9.89 Å². The number of nitrogens with zero attached hydrogens (tertiary/aromatic N) is 1. The average Bonchev–Trinajstić information content (AvgIpc) is 2.67. The van der Waals surface area contributed by atoms with Gasteiger partial charge in [-0.3, -0.25) is 9.59 Å². The molecule has 3 rings (SSSR count). The molecule has 0 spiro atoms. The number of benzene rings is 1. The van der Waals surface area contributed by atoms with E-state index < -0.39 is 12.1 Å². The summed E-state index contributed by atoms with van der Waals surface area (Å²) in [5, 5.41) is 9.69. The van der Waals surface area contributed by atoms with Gasteiger partial charge in [0, 0.05) is 11.9 Å². The smallest absolute Gasteiger partial charge is 0.360 e. The number of rotatable bonds is 5. The molecule has 1 atom stereocenters. The standard InChI is InChI=1S/C19H23N3O4/c1-12(17(23)20-11-13-7-3-2-4-8-13)26-19(25)16-14-9-5-6-10-15(14)18(24)22-21-16/h5-6,9-10,12-13H,2-4,7-8,11H2,1H3,(H,20,23)(H,22,24)/t12-/m1/s1. The Morgan fingerprint density at radius 3 is 2.65 bits per heavy atom. The van der Waals surface area contributed by atoms with Crippen LogP contribution in [0.3, 0.4) is 0 Å². The molecule has 138 valence electrons. The minimum atomic E-state index is -0.932. The third-order valence-electron chi connectivity index (χ3n) is 4.83. The van der Waals surface area contributed by atoms with E-state index in [9.17, 15) is 14.4 Å². The lowest BCUT2D eigenvalue weighted by Crippen LogP contribution is -2.39. The SMILES string of the molecule is C[C@@H](OC(=O)c1n[nH]c(=O)c2ccccc12)C(=O)NCC1CCCCC1. The summed E-state index contributed by atoms with van der Waals surface area (Å²) < 4.78 is 5.25. The minimum absolute atomic E-state index is 0.00729. The number of nitrogens with one attached hydrogen (secondary N) is 2. The first-order chi connectivity index (χ1) is 12.6. The van der Waals surface area contributed by atoms with Crippen molar-refractivity contribution in [2.75, 3.05) is 6.54 Å². The second-order valence-electron chi connectivity index (χ2n) is 6.74. The van der Waals surface area contributed by atoms with E-state index in [2.05, 4.69) is 15.5 Å². The third kappa shape index (κ3) is 4.09. The lowest BCUT2D eigenvalue weighted by molar-refractivity contribution is -0.129. The highest BCUT2D eigenvalue weighted by Crippen LogP contribution is 2.22. The Morgan fingerprint density at radius 1 is 1.23 bits per heavy atom. The van der Waals surface area contributed by atoms with Crippen LogP contribution in [-0.2, 0) is 9.53 Å². The fraction of sp³-hybridized carbons (Fsp3) is 0.474. The van der Waals surface area contributed by atoms with E-state index in [0.717, 1.165) is 12.8 Å². The number of fused-ring (bicyclic) bond motifs is 1. The van der Waals surface area contributed by atoms with Gasteiger partial charge in [-0.05, 0) is 31.7 Å². The summed E-state index contributed by atoms with van der Waals surface area (Å²) in [6.45, 7) is 2.14. The Morgan fingerprint density at radius 2 is 1.92 bits per heavy atom. The molecular weight excluding hydrogens is 334 g/mol. The molecule has 1 saturated carbocycles. The molecule has 1 aromatic heterocycles. The largest absolute Gasteiger partial charge is 0.448 e. The highest BCUT2D eigenvalue weighted by Gasteiger charge is 2.23. The molecule has 2 aromatic rings. The van der Waals surface area contributed by atoms with Crippen LogP contribution < -0.4 is 10.9 Å². The number of H-pyrrole nitrogens is 1. The third-order valence-corrected chi connectivity index (χ3v) is 4.83. The molecular formula is C19H23N3O4. The molecule has 2 N–H and O–H groups in total. The lowest BCUT2D eigenvalue weighted by Gasteiger charge is -2.22. The monoisotopic (exact) mass is 357 g/mol. The molecule has 0 saturated heterocycles. The molecule has 1 heterocycles. The number of ether oxygens (including phenoxy) is 1. The normalized spacial score (nSPS) is 16.2. The van der Waals surface area contributed by atoms with E-state index in [1.807, 2.05) is 0 Å². The molecule has 0 unspecified atom stereocenters. The zero-order valence-corrected chi connectivity index (χ0v) is 14.8. The second kappa shape index (κ2) is 8.12. The molecule has 1 fully saturated rings. The summed E-state index contributed by atoms with van der Waals surface area (Å²) in [7, 11) is 0. The van der Waals surface area contributed by atoms with Crippen LogP contribution in [0, 0.1) is 5.92 Å². The van der Waals surface area contributed by atoms with E-state index in [-0.39, 0.29) is 17.2 Å². The van der Waals surface area contributed by atoms with Gasteiger partial charge < -0.3 is 10.1 Å². The van der Waals surface area contributed by atoms with Crippen molar-refractivity contribution in [3.05, 3.63) is 40.3 Å². The molecule has 0 bridgehead atoms. The Balaban J connectivity index is 1.63. The van der Waals surface area contributed by atoms with Crippen molar-refractivity contribution in [3.63, 3.8) is 0 Å². The van der Waals surface area contributed by atoms with Crippen molar-refractivity contribution < 1.29 is 14.3 Å². The number of carbonyl (C=O) groups is 2. The van der Waals surface area contributed by atoms with Crippen LogP contribution >= 0.6 is 0 Å². The van der Waals surface area contributed by atoms with Crippen LogP contribution in [0.5, 0.6) is 0 Å². The topological polar surface area (TPSA) is 101 Å². The van der Waals surface area contributed by atoms with E-state index in [4.69, 9.17) is 4.74 Å². The summed E-state index contributed by atoms with van der Waals surface area (Å²) in [5.41, 5.74) is -0.387. The molecule has 1 aliphatic carbocycles. The van der Waals surface area contributed by atoms with E-state index in [1.165, 1.54) is 26.2 Å². The van der Waals surface area contributed by atoms with E-state index >= 15 is 0 Å². The van der Waals surface area contributed by atoms with E-state index in [0.29, 0.717) is 23.2 Å². The van der Waals surface area contributed by atoms with Crippen LogP contribution in [0.15, 0.2) is 29.1 Å². The molecule has 0 radical (unpaired) electrons. The molecule has 7 heteroatoms. The van der Waals surface area contributed by atoms with Gasteiger partial charge >= 0.3 is 5.97 Å². The van der Waals surface area contributed by atoms with Gasteiger partial charge in [0.1, 0.15) is 0 Å². The van der Waals surface area contributed by atoms with Gasteiger partial charge in [-0.15, -0.1) is 0 Å². The maximum Gasteiger partial charge on any atom is 0.360 e. The Kier molecular flexibility index (Phi) is 5.65. The van der Waals surface area contributed by atoms with Gasteiger partial charge in [-0.1, -0.05) is 37.5 Å². The Labute approximate surface area is 151 Å². The lowest BCUT2D eigenvalue weighted by atomic mass is 9.89. The quantitative estimate of drug-likeness (QED) is 0.799. The number of hydrogen-bond acceptors (Lipinski definition) is 5. The number of amides is 1. The van der Waals surface area contributed by atoms with Gasteiger partial charge in [0.2, 0.25) is 0 Å². The first-order valence-electron chi connectivity index (χ1n) is 9.02. The molecule has 0 aliphatic heterocycles. The number of hydrogen-bond donors (Lipinski definition) is 2. The maximum absolute atomic E-state index is 12.4. The summed E-state index contributed by atoms with van der Waals surface area (Å²) in [4.78, 5) is 36.4. The zero-order valence-electron chi connectivity index (χ0n) is 14.8. The Bertz CT molecular complexity index is 855. The second-order valence-corrected chi connectivity index (χ2v) is 6.74. The van der Waals surface area contributed by atoms with E-state index in [1.54, 1.807) is 24.3 Å². The predicted molar refractivity (Wildman–Crippen MR) is 96.8 cm³/mol. The number of aromatic nitrogens is 2. The fourth-order valence-electron chi connectivity index (χ4n) is 3.32. The van der Waals surface area contributed by atoms with Crippen LogP contribution in [0.2, 0.25) is 0 Å². The average molecular weight is 357 g/mol. The minimum Gasteiger partial charge on any atom is -0.448 e. The summed E-state index contributed by atoms with van der Waals surface area (Å²) in [6.07, 6.45) is 4.99. The van der Waals surface area contributed by atoms with Gasteiger partial charge in [0.15, 0.2) is 11.8 Å². The van der Waals surface area contributed by atoms with Crippen LogP contribution in [0.4, 0.5) is 0 Å². The van der Waals surface area contributed by atoms with Crippen molar-refractivity contribution in [2.24, 2.45) is 5.92 Å². The van der Waals surface area contributed by atoms with Crippen LogP contribution in [0.1, 0.15) is 49.5 Å². The predicted octanol–water partition coefficient (Wildman–Crippen LogP) is 2.16.